The molecule has 31 heavy (non-hydrogen) atoms. The van der Waals surface area contributed by atoms with Gasteiger partial charge in [0, 0.05) is 16.7 Å². The van der Waals surface area contributed by atoms with Crippen LogP contribution >= 0.6 is 11.6 Å². The SMILES string of the molecule is CC(=O)c1cc2c(cc1NC(=O)CNC(c1ccccc1)c1cccc(Cl)c1)OCO2. The Balaban J connectivity index is 1.52. The van der Waals surface area contributed by atoms with Gasteiger partial charge >= 0.3 is 0 Å². The van der Waals surface area contributed by atoms with Crippen LogP contribution in [0.5, 0.6) is 11.5 Å². The smallest absolute Gasteiger partial charge is 0.238 e. The minimum absolute atomic E-state index is 0.0257. The lowest BCUT2D eigenvalue weighted by Crippen LogP contribution is -2.32. The van der Waals surface area contributed by atoms with Crippen molar-refractivity contribution >= 4 is 29.0 Å². The molecular formula is C24H21ClN2O4. The first-order valence-electron chi connectivity index (χ1n) is 9.79. The summed E-state index contributed by atoms with van der Waals surface area (Å²) >= 11 is 6.18. The fraction of sp³-hybridized carbons (Fsp3) is 0.167. The van der Waals surface area contributed by atoms with E-state index in [0.717, 1.165) is 11.1 Å². The number of amides is 1. The standard InChI is InChI=1S/C24H21ClN2O4/c1-15(28)19-11-21-22(31-14-30-21)12-20(19)27-23(29)13-26-24(16-6-3-2-4-7-16)17-8-5-9-18(25)10-17/h2-12,24,26H,13-14H2,1H3,(H,27,29). The lowest BCUT2D eigenvalue weighted by Gasteiger charge is -2.20. The van der Waals surface area contributed by atoms with Gasteiger partial charge in [0.1, 0.15) is 0 Å². The summed E-state index contributed by atoms with van der Waals surface area (Å²) in [5.74, 6) is 0.521. The van der Waals surface area contributed by atoms with E-state index in [2.05, 4.69) is 10.6 Å². The second kappa shape index (κ2) is 9.20. The summed E-state index contributed by atoms with van der Waals surface area (Å²) in [5.41, 5.74) is 2.71. The van der Waals surface area contributed by atoms with Gasteiger partial charge in [-0.05, 0) is 36.2 Å². The van der Waals surface area contributed by atoms with E-state index in [9.17, 15) is 9.59 Å². The molecule has 0 bridgehead atoms. The minimum atomic E-state index is -0.288. The molecule has 0 spiro atoms. The van der Waals surface area contributed by atoms with Crippen LogP contribution in [0.2, 0.25) is 5.02 Å². The Hall–Kier alpha value is -3.35. The Bertz CT molecular complexity index is 1120. The second-order valence-corrected chi connectivity index (χ2v) is 7.57. The molecule has 0 saturated carbocycles. The zero-order valence-corrected chi connectivity index (χ0v) is 17.6. The van der Waals surface area contributed by atoms with Crippen LogP contribution in [0.1, 0.15) is 34.5 Å². The first kappa shape index (κ1) is 20.9. The predicted molar refractivity (Wildman–Crippen MR) is 119 cm³/mol. The number of halogens is 1. The monoisotopic (exact) mass is 436 g/mol. The van der Waals surface area contributed by atoms with E-state index < -0.39 is 0 Å². The van der Waals surface area contributed by atoms with E-state index >= 15 is 0 Å². The van der Waals surface area contributed by atoms with E-state index in [1.165, 1.54) is 6.92 Å². The highest BCUT2D eigenvalue weighted by atomic mass is 35.5. The predicted octanol–water partition coefficient (Wildman–Crippen LogP) is 4.59. The maximum absolute atomic E-state index is 12.7. The number of carbonyl (C=O) groups excluding carboxylic acids is 2. The summed E-state index contributed by atoms with van der Waals surface area (Å²) in [5, 5.41) is 6.72. The van der Waals surface area contributed by atoms with Gasteiger partial charge in [-0.3, -0.25) is 14.9 Å². The van der Waals surface area contributed by atoms with Crippen molar-refractivity contribution in [2.75, 3.05) is 18.7 Å². The molecule has 3 aromatic rings. The highest BCUT2D eigenvalue weighted by Gasteiger charge is 2.21. The molecule has 0 radical (unpaired) electrons. The van der Waals surface area contributed by atoms with Crippen molar-refractivity contribution in [3.05, 3.63) is 88.4 Å². The first-order chi connectivity index (χ1) is 15.0. The van der Waals surface area contributed by atoms with Gasteiger partial charge in [-0.15, -0.1) is 0 Å². The first-order valence-corrected chi connectivity index (χ1v) is 10.2. The molecule has 4 rings (SSSR count). The van der Waals surface area contributed by atoms with Crippen LogP contribution in [0, 0.1) is 0 Å². The van der Waals surface area contributed by atoms with Gasteiger partial charge in [0.15, 0.2) is 17.3 Å². The molecule has 0 fully saturated rings. The number of Topliss-reactive ketones (excluding diaryl/α,β-unsaturated/α-hetero) is 1. The van der Waals surface area contributed by atoms with E-state index in [1.54, 1.807) is 12.1 Å². The molecule has 0 aliphatic carbocycles. The quantitative estimate of drug-likeness (QED) is 0.530. The van der Waals surface area contributed by atoms with Crippen LogP contribution in [-0.4, -0.2) is 25.0 Å². The zero-order chi connectivity index (χ0) is 21.8. The summed E-state index contributed by atoms with van der Waals surface area (Å²) < 4.78 is 10.7. The number of benzene rings is 3. The fourth-order valence-corrected chi connectivity index (χ4v) is 3.68. The molecule has 0 saturated heterocycles. The Morgan fingerprint density at radius 3 is 2.39 bits per heavy atom. The molecule has 1 heterocycles. The van der Waals surface area contributed by atoms with Crippen molar-refractivity contribution in [3.8, 4) is 11.5 Å². The number of hydrogen-bond donors (Lipinski definition) is 2. The van der Waals surface area contributed by atoms with Crippen molar-refractivity contribution in [2.45, 2.75) is 13.0 Å². The third-order valence-electron chi connectivity index (χ3n) is 4.95. The molecule has 1 aliphatic heterocycles. The van der Waals surface area contributed by atoms with Crippen LogP contribution in [0.25, 0.3) is 0 Å². The van der Waals surface area contributed by atoms with E-state index in [0.29, 0.717) is 27.8 Å². The van der Waals surface area contributed by atoms with Crippen LogP contribution in [-0.2, 0) is 4.79 Å². The number of fused-ring (bicyclic) bond motifs is 1. The van der Waals surface area contributed by atoms with Crippen LogP contribution < -0.4 is 20.1 Å². The van der Waals surface area contributed by atoms with E-state index in [-0.39, 0.29) is 31.1 Å². The van der Waals surface area contributed by atoms with Crippen LogP contribution in [0.4, 0.5) is 5.69 Å². The van der Waals surface area contributed by atoms with Crippen molar-refractivity contribution < 1.29 is 19.1 Å². The number of hydrogen-bond acceptors (Lipinski definition) is 5. The maximum Gasteiger partial charge on any atom is 0.238 e. The van der Waals surface area contributed by atoms with Gasteiger partial charge in [0.2, 0.25) is 12.7 Å². The molecule has 3 aromatic carbocycles. The largest absolute Gasteiger partial charge is 0.454 e. The third kappa shape index (κ3) is 4.87. The normalized spacial score (nSPS) is 13.0. The molecular weight excluding hydrogens is 416 g/mol. The van der Waals surface area contributed by atoms with Gasteiger partial charge in [0.05, 0.1) is 18.3 Å². The molecule has 1 atom stereocenters. The highest BCUT2D eigenvalue weighted by molar-refractivity contribution is 6.30. The summed E-state index contributed by atoms with van der Waals surface area (Å²) in [4.78, 5) is 24.8. The lowest BCUT2D eigenvalue weighted by atomic mass is 9.99. The maximum atomic E-state index is 12.7. The topological polar surface area (TPSA) is 76.7 Å². The van der Waals surface area contributed by atoms with Crippen LogP contribution in [0.3, 0.4) is 0 Å². The van der Waals surface area contributed by atoms with Crippen molar-refractivity contribution in [2.24, 2.45) is 0 Å². The Labute approximate surface area is 185 Å². The third-order valence-corrected chi connectivity index (χ3v) is 5.18. The molecule has 6 nitrogen and oxygen atoms in total. The molecule has 0 aromatic heterocycles. The van der Waals surface area contributed by atoms with Crippen molar-refractivity contribution in [1.82, 2.24) is 5.32 Å². The fourth-order valence-electron chi connectivity index (χ4n) is 3.49. The summed E-state index contributed by atoms with van der Waals surface area (Å²) in [7, 11) is 0. The van der Waals surface area contributed by atoms with E-state index in [4.69, 9.17) is 21.1 Å². The van der Waals surface area contributed by atoms with Gasteiger partial charge in [-0.1, -0.05) is 54.1 Å². The summed E-state index contributed by atoms with van der Waals surface area (Å²) in [6, 6.07) is 20.3. The van der Waals surface area contributed by atoms with Crippen LogP contribution in [0.15, 0.2) is 66.7 Å². The van der Waals surface area contributed by atoms with Gasteiger partial charge in [-0.25, -0.2) is 0 Å². The molecule has 158 valence electrons. The molecule has 1 unspecified atom stereocenters. The number of ketones is 1. The number of nitrogens with one attached hydrogen (secondary N) is 2. The lowest BCUT2D eigenvalue weighted by molar-refractivity contribution is -0.115. The van der Waals surface area contributed by atoms with Crippen molar-refractivity contribution in [3.63, 3.8) is 0 Å². The van der Waals surface area contributed by atoms with E-state index in [1.807, 2.05) is 54.6 Å². The Morgan fingerprint density at radius 2 is 1.68 bits per heavy atom. The van der Waals surface area contributed by atoms with Crippen molar-refractivity contribution in [1.29, 1.82) is 0 Å². The number of ether oxygens (including phenoxy) is 2. The molecule has 7 heteroatoms. The number of carbonyl (C=O) groups is 2. The van der Waals surface area contributed by atoms with Gasteiger partial charge in [-0.2, -0.15) is 0 Å². The summed E-state index contributed by atoms with van der Waals surface area (Å²) in [6.07, 6.45) is 0. The minimum Gasteiger partial charge on any atom is -0.454 e. The highest BCUT2D eigenvalue weighted by Crippen LogP contribution is 2.37. The number of anilines is 1. The summed E-state index contributed by atoms with van der Waals surface area (Å²) in [6.45, 7) is 1.55. The molecule has 2 N–H and O–H groups in total. The molecule has 1 aliphatic rings. The number of rotatable bonds is 7. The average Bonchev–Trinajstić information content (AvgIpc) is 3.21. The van der Waals surface area contributed by atoms with Gasteiger partial charge < -0.3 is 14.8 Å². The van der Waals surface area contributed by atoms with Gasteiger partial charge in [0.25, 0.3) is 0 Å². The Kier molecular flexibility index (Phi) is 6.21. The second-order valence-electron chi connectivity index (χ2n) is 7.14. The molecule has 1 amide bonds. The average molecular weight is 437 g/mol. The zero-order valence-electron chi connectivity index (χ0n) is 16.9. The Morgan fingerprint density at radius 1 is 0.968 bits per heavy atom.